The van der Waals surface area contributed by atoms with Crippen molar-refractivity contribution in [1.29, 1.82) is 0 Å². The lowest BCUT2D eigenvalue weighted by Gasteiger charge is -2.16. The quantitative estimate of drug-likeness (QED) is 0.835. The minimum Gasteiger partial charge on any atom is -0.469 e. The summed E-state index contributed by atoms with van der Waals surface area (Å²) in [6.45, 7) is 1.74. The highest BCUT2D eigenvalue weighted by Crippen LogP contribution is 2.18. The Bertz CT molecular complexity index is 688. The lowest BCUT2D eigenvalue weighted by Crippen LogP contribution is -2.25. The van der Waals surface area contributed by atoms with Crippen LogP contribution in [0.1, 0.15) is 16.8 Å². The van der Waals surface area contributed by atoms with Gasteiger partial charge in [-0.1, -0.05) is 12.1 Å². The fourth-order valence-corrected chi connectivity index (χ4v) is 2.42. The van der Waals surface area contributed by atoms with E-state index in [4.69, 9.17) is 0 Å². The second kappa shape index (κ2) is 6.53. The first-order valence-corrected chi connectivity index (χ1v) is 7.23. The average Bonchev–Trinajstić information content (AvgIpc) is 2.55. The van der Waals surface area contributed by atoms with E-state index in [0.29, 0.717) is 5.95 Å². The summed E-state index contributed by atoms with van der Waals surface area (Å²) in [5, 5.41) is 6.48. The third-order valence-electron chi connectivity index (χ3n) is 3.58. The zero-order valence-corrected chi connectivity index (χ0v) is 12.4. The number of nitrogens with one attached hydrogen (secondary N) is 2. The van der Waals surface area contributed by atoms with Crippen molar-refractivity contribution in [2.24, 2.45) is 0 Å². The number of ether oxygens (including phenoxy) is 1. The summed E-state index contributed by atoms with van der Waals surface area (Å²) in [5.74, 6) is 0.311. The molecule has 6 heteroatoms. The molecule has 1 aromatic carbocycles. The molecule has 0 saturated carbocycles. The van der Waals surface area contributed by atoms with Gasteiger partial charge in [0.25, 0.3) is 0 Å². The highest BCUT2D eigenvalue weighted by Gasteiger charge is 2.11. The number of anilines is 2. The lowest BCUT2D eigenvalue weighted by atomic mass is 10.1. The molecule has 114 valence electrons. The first-order chi connectivity index (χ1) is 10.7. The Labute approximate surface area is 128 Å². The van der Waals surface area contributed by atoms with Crippen LogP contribution in [0, 0.1) is 0 Å². The number of carbonyl (C=O) groups is 1. The number of benzene rings is 1. The van der Waals surface area contributed by atoms with Crippen LogP contribution in [-0.2, 0) is 28.9 Å². The SMILES string of the molecule is COC(=O)Cc1cccc(Nc2ncc3c(n2)CNCC3)c1. The molecule has 1 aromatic heterocycles. The third kappa shape index (κ3) is 3.40. The molecule has 3 rings (SSSR count). The van der Waals surface area contributed by atoms with E-state index < -0.39 is 0 Å². The van der Waals surface area contributed by atoms with Crippen LogP contribution in [0.3, 0.4) is 0 Å². The van der Waals surface area contributed by atoms with Gasteiger partial charge < -0.3 is 15.4 Å². The average molecular weight is 298 g/mol. The zero-order chi connectivity index (χ0) is 15.4. The van der Waals surface area contributed by atoms with E-state index in [1.165, 1.54) is 12.7 Å². The Morgan fingerprint density at radius 3 is 3.23 bits per heavy atom. The summed E-state index contributed by atoms with van der Waals surface area (Å²) in [5.41, 5.74) is 3.97. The van der Waals surface area contributed by atoms with Crippen molar-refractivity contribution in [1.82, 2.24) is 15.3 Å². The van der Waals surface area contributed by atoms with Gasteiger partial charge in [0.1, 0.15) is 0 Å². The van der Waals surface area contributed by atoms with Crippen molar-refractivity contribution in [2.75, 3.05) is 19.0 Å². The highest BCUT2D eigenvalue weighted by molar-refractivity contribution is 5.73. The van der Waals surface area contributed by atoms with Crippen molar-refractivity contribution >= 4 is 17.6 Å². The first-order valence-electron chi connectivity index (χ1n) is 7.23. The third-order valence-corrected chi connectivity index (χ3v) is 3.58. The molecular weight excluding hydrogens is 280 g/mol. The summed E-state index contributed by atoms with van der Waals surface area (Å²) in [6, 6.07) is 7.60. The summed E-state index contributed by atoms with van der Waals surface area (Å²) in [4.78, 5) is 20.2. The van der Waals surface area contributed by atoms with E-state index in [1.54, 1.807) is 0 Å². The van der Waals surface area contributed by atoms with Gasteiger partial charge in [0.05, 0.1) is 19.2 Å². The number of esters is 1. The monoisotopic (exact) mass is 298 g/mol. The van der Waals surface area contributed by atoms with Crippen LogP contribution in [0.4, 0.5) is 11.6 Å². The summed E-state index contributed by atoms with van der Waals surface area (Å²) >= 11 is 0. The molecule has 0 unspecified atom stereocenters. The lowest BCUT2D eigenvalue weighted by molar-refractivity contribution is -0.139. The van der Waals surface area contributed by atoms with Crippen LogP contribution < -0.4 is 10.6 Å². The summed E-state index contributed by atoms with van der Waals surface area (Å²) in [6.07, 6.45) is 3.09. The maximum absolute atomic E-state index is 11.3. The Morgan fingerprint density at radius 2 is 2.36 bits per heavy atom. The molecule has 0 spiro atoms. The molecule has 2 aromatic rings. The minimum absolute atomic E-state index is 0.251. The Morgan fingerprint density at radius 1 is 1.45 bits per heavy atom. The van der Waals surface area contributed by atoms with Crippen molar-refractivity contribution in [2.45, 2.75) is 19.4 Å². The number of rotatable bonds is 4. The van der Waals surface area contributed by atoms with Crippen LogP contribution in [-0.4, -0.2) is 29.6 Å². The fraction of sp³-hybridized carbons (Fsp3) is 0.312. The molecule has 0 radical (unpaired) electrons. The largest absolute Gasteiger partial charge is 0.469 e. The molecule has 0 aliphatic carbocycles. The van der Waals surface area contributed by atoms with Crippen molar-refractivity contribution in [3.05, 3.63) is 47.3 Å². The van der Waals surface area contributed by atoms with Gasteiger partial charge in [-0.25, -0.2) is 9.97 Å². The second-order valence-electron chi connectivity index (χ2n) is 5.17. The molecule has 22 heavy (non-hydrogen) atoms. The van der Waals surface area contributed by atoms with Crippen LogP contribution in [0.5, 0.6) is 0 Å². The molecule has 0 atom stereocenters. The van der Waals surface area contributed by atoms with E-state index in [9.17, 15) is 4.79 Å². The predicted molar refractivity (Wildman–Crippen MR) is 82.9 cm³/mol. The molecule has 1 aliphatic heterocycles. The van der Waals surface area contributed by atoms with Gasteiger partial charge in [-0.05, 0) is 36.2 Å². The van der Waals surface area contributed by atoms with Crippen LogP contribution in [0.25, 0.3) is 0 Å². The Hall–Kier alpha value is -2.47. The summed E-state index contributed by atoms with van der Waals surface area (Å²) in [7, 11) is 1.39. The van der Waals surface area contributed by atoms with E-state index in [0.717, 1.165) is 36.5 Å². The zero-order valence-electron chi connectivity index (χ0n) is 12.4. The second-order valence-corrected chi connectivity index (χ2v) is 5.17. The van der Waals surface area contributed by atoms with Gasteiger partial charge in [-0.3, -0.25) is 4.79 Å². The normalized spacial score (nSPS) is 13.3. The number of aromatic nitrogens is 2. The molecular formula is C16H18N4O2. The van der Waals surface area contributed by atoms with Gasteiger partial charge in [0.15, 0.2) is 0 Å². The molecule has 2 N–H and O–H groups in total. The number of carbonyl (C=O) groups excluding carboxylic acids is 1. The topological polar surface area (TPSA) is 76.1 Å². The molecule has 2 heterocycles. The van der Waals surface area contributed by atoms with Gasteiger partial charge >= 0.3 is 5.97 Å². The standard InChI is InChI=1S/C16H18N4O2/c1-22-15(21)8-11-3-2-4-13(7-11)19-16-18-9-12-5-6-17-10-14(12)20-16/h2-4,7,9,17H,5-6,8,10H2,1H3,(H,18,19,20). The van der Waals surface area contributed by atoms with Crippen molar-refractivity contribution in [3.63, 3.8) is 0 Å². The Kier molecular flexibility index (Phi) is 4.29. The number of hydrogen-bond acceptors (Lipinski definition) is 6. The van der Waals surface area contributed by atoms with Crippen molar-refractivity contribution < 1.29 is 9.53 Å². The number of hydrogen-bond donors (Lipinski definition) is 2. The van der Waals surface area contributed by atoms with Gasteiger partial charge in [-0.2, -0.15) is 0 Å². The van der Waals surface area contributed by atoms with E-state index >= 15 is 0 Å². The molecule has 0 fully saturated rings. The van der Waals surface area contributed by atoms with E-state index in [2.05, 4.69) is 25.3 Å². The molecule has 1 aliphatic rings. The van der Waals surface area contributed by atoms with Crippen LogP contribution >= 0.6 is 0 Å². The van der Waals surface area contributed by atoms with Gasteiger partial charge in [-0.15, -0.1) is 0 Å². The van der Waals surface area contributed by atoms with Gasteiger partial charge in [0, 0.05) is 18.4 Å². The summed E-state index contributed by atoms with van der Waals surface area (Å²) < 4.78 is 4.68. The van der Waals surface area contributed by atoms with Gasteiger partial charge in [0.2, 0.25) is 5.95 Å². The van der Waals surface area contributed by atoms with E-state index in [1.807, 2.05) is 30.5 Å². The van der Waals surface area contributed by atoms with Crippen LogP contribution in [0.2, 0.25) is 0 Å². The van der Waals surface area contributed by atoms with Crippen molar-refractivity contribution in [3.8, 4) is 0 Å². The first kappa shape index (κ1) is 14.5. The molecule has 0 bridgehead atoms. The van der Waals surface area contributed by atoms with Crippen LogP contribution in [0.15, 0.2) is 30.5 Å². The molecule has 6 nitrogen and oxygen atoms in total. The smallest absolute Gasteiger partial charge is 0.309 e. The molecule has 0 saturated heterocycles. The van der Waals surface area contributed by atoms with E-state index in [-0.39, 0.29) is 12.4 Å². The minimum atomic E-state index is -0.256. The maximum Gasteiger partial charge on any atom is 0.309 e. The maximum atomic E-state index is 11.3. The molecule has 0 amide bonds. The Balaban J connectivity index is 1.75. The number of nitrogens with zero attached hydrogens (tertiary/aromatic N) is 2. The number of fused-ring (bicyclic) bond motifs is 1. The predicted octanol–water partition coefficient (Wildman–Crippen LogP) is 1.58. The highest BCUT2D eigenvalue weighted by atomic mass is 16.5. The fourth-order valence-electron chi connectivity index (χ4n) is 2.42. The number of methoxy groups -OCH3 is 1.